The molecule has 1 atom stereocenters. The molecule has 19 heavy (non-hydrogen) atoms. The summed E-state index contributed by atoms with van der Waals surface area (Å²) in [7, 11) is 2.95. The molecular formula is C13H28N3O2P. The second-order valence-corrected chi connectivity index (χ2v) is 6.64. The predicted molar refractivity (Wildman–Crippen MR) is 79.7 cm³/mol. The number of likely N-dealkylation sites (N-methyl/N-ethyl adjacent to an activating group) is 1. The molecule has 0 heterocycles. The fourth-order valence-corrected chi connectivity index (χ4v) is 3.20. The molecule has 0 radical (unpaired) electrons. The molecule has 0 fully saturated rings. The zero-order valence-electron chi connectivity index (χ0n) is 13.1. The van der Waals surface area contributed by atoms with Crippen molar-refractivity contribution in [1.29, 1.82) is 5.26 Å². The first kappa shape index (κ1) is 18.8. The molecule has 0 rings (SSSR count). The Bertz CT molecular complexity index is 259. The third-order valence-corrected chi connectivity index (χ3v) is 4.51. The van der Waals surface area contributed by atoms with Crippen molar-refractivity contribution in [2.75, 3.05) is 33.9 Å². The second-order valence-electron chi connectivity index (χ2n) is 5.18. The third kappa shape index (κ3) is 8.52. The second kappa shape index (κ2) is 10.5. The van der Waals surface area contributed by atoms with Crippen LogP contribution in [0.1, 0.15) is 34.1 Å². The van der Waals surface area contributed by atoms with Crippen molar-refractivity contribution < 1.29 is 9.05 Å². The lowest BCUT2D eigenvalue weighted by Gasteiger charge is -2.35. The van der Waals surface area contributed by atoms with Gasteiger partial charge in [0.15, 0.2) is 0 Å². The van der Waals surface area contributed by atoms with Crippen LogP contribution in [0.15, 0.2) is 0 Å². The fraction of sp³-hybridized carbons (Fsp3) is 0.923. The zero-order chi connectivity index (χ0) is 14.8. The van der Waals surface area contributed by atoms with Gasteiger partial charge in [-0.3, -0.25) is 0 Å². The van der Waals surface area contributed by atoms with Crippen molar-refractivity contribution in [2.24, 2.45) is 0 Å². The van der Waals surface area contributed by atoms with Crippen LogP contribution < -0.4 is 0 Å². The van der Waals surface area contributed by atoms with Gasteiger partial charge >= 0.3 is 0 Å². The maximum Gasteiger partial charge on any atom is 0.259 e. The van der Waals surface area contributed by atoms with Crippen molar-refractivity contribution in [3.05, 3.63) is 0 Å². The normalized spacial score (nSPS) is 13.5. The lowest BCUT2D eigenvalue weighted by Crippen LogP contribution is -2.34. The summed E-state index contributed by atoms with van der Waals surface area (Å²) >= 11 is 0. The minimum atomic E-state index is -1.09. The quantitative estimate of drug-likeness (QED) is 0.457. The number of hydrogen-bond donors (Lipinski definition) is 0. The van der Waals surface area contributed by atoms with Gasteiger partial charge in [-0.05, 0) is 41.8 Å². The van der Waals surface area contributed by atoms with Crippen molar-refractivity contribution in [3.8, 4) is 6.07 Å². The standard InChI is InChI=1S/C13H28N3O2P/c1-12(2)16(13(3)4)19(17-10-7-8-14)18-11-9-15(5)6/h12-13H,7,9-11H2,1-6H3. The van der Waals surface area contributed by atoms with E-state index in [-0.39, 0.29) is 0 Å². The highest BCUT2D eigenvalue weighted by Gasteiger charge is 2.26. The molecule has 112 valence electrons. The summed E-state index contributed by atoms with van der Waals surface area (Å²) in [5.74, 6) is 0. The fourth-order valence-electron chi connectivity index (χ4n) is 1.61. The molecule has 0 spiro atoms. The SMILES string of the molecule is CC(C)N(C(C)C)P(OCCC#N)OCCN(C)C. The molecule has 6 heteroatoms. The highest BCUT2D eigenvalue weighted by atomic mass is 31.2. The lowest BCUT2D eigenvalue weighted by atomic mass is 10.3. The summed E-state index contributed by atoms with van der Waals surface area (Å²) in [6, 6.07) is 2.81. The highest BCUT2D eigenvalue weighted by molar-refractivity contribution is 7.44. The zero-order valence-corrected chi connectivity index (χ0v) is 14.0. The maximum atomic E-state index is 8.60. The molecule has 0 saturated heterocycles. The van der Waals surface area contributed by atoms with Crippen LogP contribution in [-0.4, -0.2) is 55.5 Å². The van der Waals surface area contributed by atoms with Gasteiger partial charge in [0.25, 0.3) is 8.53 Å². The van der Waals surface area contributed by atoms with Crippen LogP contribution in [0.5, 0.6) is 0 Å². The number of nitriles is 1. The average molecular weight is 289 g/mol. The van der Waals surface area contributed by atoms with Crippen LogP contribution in [-0.2, 0) is 9.05 Å². The molecule has 0 aromatic rings. The van der Waals surface area contributed by atoms with Gasteiger partial charge in [-0.15, -0.1) is 0 Å². The van der Waals surface area contributed by atoms with Crippen LogP contribution in [0, 0.1) is 11.3 Å². The van der Waals surface area contributed by atoms with E-state index in [1.165, 1.54) is 0 Å². The molecule has 0 aliphatic rings. The summed E-state index contributed by atoms with van der Waals surface area (Å²) in [6.07, 6.45) is 0.403. The monoisotopic (exact) mass is 289 g/mol. The van der Waals surface area contributed by atoms with Gasteiger partial charge in [-0.2, -0.15) is 5.26 Å². The molecule has 0 aliphatic carbocycles. The van der Waals surface area contributed by atoms with Gasteiger partial charge in [-0.25, -0.2) is 4.67 Å². The van der Waals surface area contributed by atoms with Crippen LogP contribution in [0.2, 0.25) is 0 Å². The van der Waals surface area contributed by atoms with Crippen LogP contribution in [0.25, 0.3) is 0 Å². The number of hydrogen-bond acceptors (Lipinski definition) is 5. The topological polar surface area (TPSA) is 48.7 Å². The summed E-state index contributed by atoms with van der Waals surface area (Å²) < 4.78 is 13.9. The van der Waals surface area contributed by atoms with Gasteiger partial charge < -0.3 is 13.9 Å². The Kier molecular flexibility index (Phi) is 10.4. The van der Waals surface area contributed by atoms with Gasteiger partial charge in [0.2, 0.25) is 0 Å². The summed E-state index contributed by atoms with van der Waals surface area (Å²) in [4.78, 5) is 2.08. The van der Waals surface area contributed by atoms with Crippen molar-refractivity contribution in [2.45, 2.75) is 46.2 Å². The summed E-state index contributed by atoms with van der Waals surface area (Å²) in [6.45, 7) is 10.5. The first-order valence-corrected chi connectivity index (χ1v) is 7.89. The van der Waals surface area contributed by atoms with Crippen molar-refractivity contribution >= 4 is 8.53 Å². The van der Waals surface area contributed by atoms with Gasteiger partial charge in [0.05, 0.1) is 25.7 Å². The van der Waals surface area contributed by atoms with E-state index in [1.807, 2.05) is 14.1 Å². The smallest absolute Gasteiger partial charge is 0.259 e. The van der Waals surface area contributed by atoms with E-state index in [0.717, 1.165) is 6.54 Å². The van der Waals surface area contributed by atoms with Crippen LogP contribution in [0.4, 0.5) is 0 Å². The highest BCUT2D eigenvalue weighted by Crippen LogP contribution is 2.45. The van der Waals surface area contributed by atoms with E-state index < -0.39 is 8.53 Å². The first-order chi connectivity index (χ1) is 8.90. The maximum absolute atomic E-state index is 8.60. The van der Waals surface area contributed by atoms with Gasteiger partial charge in [0.1, 0.15) is 0 Å². The Hall–Kier alpha value is -0.240. The van der Waals surface area contributed by atoms with Gasteiger partial charge in [-0.1, -0.05) is 0 Å². The molecule has 0 aromatic carbocycles. The Morgan fingerprint density at radius 3 is 2.00 bits per heavy atom. The molecular weight excluding hydrogens is 261 g/mol. The van der Waals surface area contributed by atoms with E-state index in [9.17, 15) is 0 Å². The Morgan fingerprint density at radius 2 is 1.58 bits per heavy atom. The number of rotatable bonds is 10. The van der Waals surface area contributed by atoms with Crippen LogP contribution in [0.3, 0.4) is 0 Å². The lowest BCUT2D eigenvalue weighted by molar-refractivity contribution is 0.167. The molecule has 0 aromatic heterocycles. The van der Waals surface area contributed by atoms with E-state index >= 15 is 0 Å². The molecule has 1 unspecified atom stereocenters. The molecule has 0 amide bonds. The van der Waals surface area contributed by atoms with E-state index in [1.54, 1.807) is 0 Å². The molecule has 5 nitrogen and oxygen atoms in total. The Labute approximate surface area is 119 Å². The summed E-state index contributed by atoms with van der Waals surface area (Å²) in [5, 5.41) is 8.60. The van der Waals surface area contributed by atoms with E-state index in [2.05, 4.69) is 43.3 Å². The van der Waals surface area contributed by atoms with Crippen molar-refractivity contribution in [1.82, 2.24) is 9.57 Å². The minimum Gasteiger partial charge on any atom is -0.321 e. The molecule has 0 bridgehead atoms. The summed E-state index contributed by atoms with van der Waals surface area (Å²) in [5.41, 5.74) is 0. The number of nitrogens with zero attached hydrogens (tertiary/aromatic N) is 3. The Morgan fingerprint density at radius 1 is 1.05 bits per heavy atom. The first-order valence-electron chi connectivity index (χ1n) is 6.76. The van der Waals surface area contributed by atoms with Crippen LogP contribution >= 0.6 is 8.53 Å². The third-order valence-electron chi connectivity index (χ3n) is 2.40. The molecule has 0 N–H and O–H groups in total. The van der Waals surface area contributed by atoms with E-state index in [4.69, 9.17) is 14.3 Å². The molecule has 0 aliphatic heterocycles. The van der Waals surface area contributed by atoms with Gasteiger partial charge in [0, 0.05) is 18.6 Å². The molecule has 0 saturated carbocycles. The Balaban J connectivity index is 4.48. The largest absolute Gasteiger partial charge is 0.321 e. The minimum absolute atomic E-state index is 0.354. The average Bonchev–Trinajstić information content (AvgIpc) is 2.27. The predicted octanol–water partition coefficient (Wildman–Crippen LogP) is 2.84. The van der Waals surface area contributed by atoms with E-state index in [0.29, 0.717) is 31.7 Å². The van der Waals surface area contributed by atoms with Crippen molar-refractivity contribution in [3.63, 3.8) is 0 Å².